The third kappa shape index (κ3) is 2.99. The Bertz CT molecular complexity index is 319. The maximum Gasteiger partial charge on any atom is 0.200 e. The topological polar surface area (TPSA) is 64.9 Å². The van der Waals surface area contributed by atoms with Crippen molar-refractivity contribution < 1.29 is 4.74 Å². The maximum absolute atomic E-state index is 5.77. The summed E-state index contributed by atoms with van der Waals surface area (Å²) in [4.78, 5) is 1.45. The van der Waals surface area contributed by atoms with Crippen LogP contribution in [0.2, 0.25) is 0 Å². The third-order valence-electron chi connectivity index (χ3n) is 3.08. The van der Waals surface area contributed by atoms with Gasteiger partial charge >= 0.3 is 0 Å². The van der Waals surface area contributed by atoms with Gasteiger partial charge in [0.25, 0.3) is 0 Å². The Hall–Kier alpha value is -1.01. The van der Waals surface area contributed by atoms with E-state index in [9.17, 15) is 0 Å². The van der Waals surface area contributed by atoms with Gasteiger partial charge < -0.3 is 10.1 Å². The van der Waals surface area contributed by atoms with Crippen LogP contribution in [0.4, 0.5) is 0 Å². The Morgan fingerprint density at radius 1 is 1.38 bits per heavy atom. The maximum atomic E-state index is 5.77. The first kappa shape index (κ1) is 11.5. The molecule has 0 bridgehead atoms. The second-order valence-electron chi connectivity index (χ2n) is 4.27. The quantitative estimate of drug-likeness (QED) is 0.796. The molecule has 1 aromatic rings. The number of aryl methyl sites for hydroxylation is 1. The standard InChI is InChI=1S/C10H19N5O/c1-11-8-3-5-9(6-4-8)16-7-10-12-14-15(2)13-10/h8-9,11H,3-7H2,1-2H3. The van der Waals surface area contributed by atoms with E-state index in [1.165, 1.54) is 17.6 Å². The van der Waals surface area contributed by atoms with Gasteiger partial charge in [-0.25, -0.2) is 0 Å². The van der Waals surface area contributed by atoms with Gasteiger partial charge in [-0.15, -0.1) is 10.2 Å². The minimum Gasteiger partial charge on any atom is -0.370 e. The van der Waals surface area contributed by atoms with Gasteiger partial charge in [0.1, 0.15) is 6.61 Å². The van der Waals surface area contributed by atoms with Gasteiger partial charge in [0, 0.05) is 6.04 Å². The molecule has 0 spiro atoms. The van der Waals surface area contributed by atoms with E-state index >= 15 is 0 Å². The zero-order valence-corrected chi connectivity index (χ0v) is 9.89. The molecule has 6 heteroatoms. The molecule has 1 fully saturated rings. The summed E-state index contributed by atoms with van der Waals surface area (Å²) in [6, 6.07) is 0.662. The van der Waals surface area contributed by atoms with Crippen LogP contribution in [0.1, 0.15) is 31.5 Å². The molecule has 1 aromatic heterocycles. The Morgan fingerprint density at radius 3 is 2.69 bits per heavy atom. The summed E-state index contributed by atoms with van der Waals surface area (Å²) in [7, 11) is 3.78. The molecule has 0 saturated heterocycles. The first-order valence-corrected chi connectivity index (χ1v) is 5.79. The molecule has 1 heterocycles. The van der Waals surface area contributed by atoms with Crippen molar-refractivity contribution in [3.05, 3.63) is 5.82 Å². The molecule has 0 aromatic carbocycles. The van der Waals surface area contributed by atoms with E-state index in [0.29, 0.717) is 24.6 Å². The lowest BCUT2D eigenvalue weighted by molar-refractivity contribution is 0.00856. The van der Waals surface area contributed by atoms with Gasteiger partial charge in [0.2, 0.25) is 0 Å². The van der Waals surface area contributed by atoms with Crippen molar-refractivity contribution in [2.24, 2.45) is 7.05 Å². The average molecular weight is 225 g/mol. The van der Waals surface area contributed by atoms with E-state index in [0.717, 1.165) is 12.8 Å². The van der Waals surface area contributed by atoms with Crippen molar-refractivity contribution >= 4 is 0 Å². The molecule has 1 saturated carbocycles. The van der Waals surface area contributed by atoms with Gasteiger partial charge in [0.15, 0.2) is 5.82 Å². The highest BCUT2D eigenvalue weighted by Gasteiger charge is 2.20. The smallest absolute Gasteiger partial charge is 0.200 e. The lowest BCUT2D eigenvalue weighted by Crippen LogP contribution is -2.32. The summed E-state index contributed by atoms with van der Waals surface area (Å²) in [6.07, 6.45) is 4.97. The molecule has 2 rings (SSSR count). The summed E-state index contributed by atoms with van der Waals surface area (Å²) in [5, 5.41) is 15.1. The third-order valence-corrected chi connectivity index (χ3v) is 3.08. The molecule has 0 amide bonds. The lowest BCUT2D eigenvalue weighted by Gasteiger charge is -2.27. The lowest BCUT2D eigenvalue weighted by atomic mass is 9.93. The zero-order valence-electron chi connectivity index (χ0n) is 9.89. The van der Waals surface area contributed by atoms with Gasteiger partial charge in [-0.1, -0.05) is 0 Å². The SMILES string of the molecule is CNC1CCC(OCc2nnn(C)n2)CC1. The normalized spacial score (nSPS) is 25.9. The number of aromatic nitrogens is 4. The molecule has 1 aliphatic carbocycles. The highest BCUT2D eigenvalue weighted by molar-refractivity contribution is 4.78. The molecule has 1 aliphatic rings. The highest BCUT2D eigenvalue weighted by Crippen LogP contribution is 2.21. The van der Waals surface area contributed by atoms with Crippen LogP contribution in [0.15, 0.2) is 0 Å². The van der Waals surface area contributed by atoms with E-state index in [2.05, 4.69) is 20.7 Å². The second kappa shape index (κ2) is 5.36. The number of nitrogens with one attached hydrogen (secondary N) is 1. The molecule has 90 valence electrons. The molecule has 0 aliphatic heterocycles. The van der Waals surface area contributed by atoms with Crippen LogP contribution >= 0.6 is 0 Å². The van der Waals surface area contributed by atoms with Crippen LogP contribution in [0.5, 0.6) is 0 Å². The number of tetrazole rings is 1. The number of nitrogens with zero attached hydrogens (tertiary/aromatic N) is 4. The molecule has 0 unspecified atom stereocenters. The fourth-order valence-corrected chi connectivity index (χ4v) is 2.09. The van der Waals surface area contributed by atoms with Crippen LogP contribution in [0.3, 0.4) is 0 Å². The zero-order chi connectivity index (χ0) is 11.4. The van der Waals surface area contributed by atoms with Crippen LogP contribution in [0.25, 0.3) is 0 Å². The van der Waals surface area contributed by atoms with Gasteiger partial charge in [-0.2, -0.15) is 4.80 Å². The van der Waals surface area contributed by atoms with Crippen LogP contribution < -0.4 is 5.32 Å². The van der Waals surface area contributed by atoms with Gasteiger partial charge in [-0.3, -0.25) is 0 Å². The fourth-order valence-electron chi connectivity index (χ4n) is 2.09. The number of hydrogen-bond acceptors (Lipinski definition) is 5. The summed E-state index contributed by atoms with van der Waals surface area (Å²) >= 11 is 0. The Morgan fingerprint density at radius 2 is 2.12 bits per heavy atom. The highest BCUT2D eigenvalue weighted by atomic mass is 16.5. The summed E-state index contributed by atoms with van der Waals surface area (Å²) in [5.41, 5.74) is 0. The molecule has 6 nitrogen and oxygen atoms in total. The van der Waals surface area contributed by atoms with Crippen molar-refractivity contribution in [3.8, 4) is 0 Å². The fraction of sp³-hybridized carbons (Fsp3) is 0.900. The monoisotopic (exact) mass is 225 g/mol. The van der Waals surface area contributed by atoms with E-state index in [4.69, 9.17) is 4.74 Å². The van der Waals surface area contributed by atoms with E-state index in [1.54, 1.807) is 7.05 Å². The molecular formula is C10H19N5O. The summed E-state index contributed by atoms with van der Waals surface area (Å²) in [5.74, 6) is 0.665. The Balaban J connectivity index is 1.71. The molecule has 16 heavy (non-hydrogen) atoms. The van der Waals surface area contributed by atoms with E-state index < -0.39 is 0 Å². The Labute approximate surface area is 95.4 Å². The van der Waals surface area contributed by atoms with Crippen molar-refractivity contribution in [3.63, 3.8) is 0 Å². The number of rotatable bonds is 4. The van der Waals surface area contributed by atoms with Crippen molar-refractivity contribution in [1.29, 1.82) is 0 Å². The molecule has 0 radical (unpaired) electrons. The summed E-state index contributed by atoms with van der Waals surface area (Å²) in [6.45, 7) is 0.475. The van der Waals surface area contributed by atoms with Gasteiger partial charge in [0.05, 0.1) is 13.2 Å². The van der Waals surface area contributed by atoms with E-state index in [-0.39, 0.29) is 0 Å². The average Bonchev–Trinajstić information content (AvgIpc) is 2.73. The largest absolute Gasteiger partial charge is 0.370 e. The Kier molecular flexibility index (Phi) is 3.84. The molecule has 1 N–H and O–H groups in total. The van der Waals surface area contributed by atoms with Crippen LogP contribution in [0, 0.1) is 0 Å². The predicted octanol–water partition coefficient (Wildman–Crippen LogP) is 0.257. The summed E-state index contributed by atoms with van der Waals surface area (Å²) < 4.78 is 5.77. The first-order chi connectivity index (χ1) is 7.78. The van der Waals surface area contributed by atoms with Gasteiger partial charge in [-0.05, 0) is 37.9 Å². The first-order valence-electron chi connectivity index (χ1n) is 5.79. The van der Waals surface area contributed by atoms with Crippen LogP contribution in [-0.4, -0.2) is 39.4 Å². The van der Waals surface area contributed by atoms with Crippen molar-refractivity contribution in [2.75, 3.05) is 7.05 Å². The van der Waals surface area contributed by atoms with Crippen molar-refractivity contribution in [1.82, 2.24) is 25.5 Å². The number of hydrogen-bond donors (Lipinski definition) is 1. The minimum absolute atomic E-state index is 0.355. The van der Waals surface area contributed by atoms with Crippen molar-refractivity contribution in [2.45, 2.75) is 44.4 Å². The van der Waals surface area contributed by atoms with Crippen LogP contribution in [-0.2, 0) is 18.4 Å². The number of ether oxygens (including phenoxy) is 1. The minimum atomic E-state index is 0.355. The predicted molar refractivity (Wildman–Crippen MR) is 58.7 cm³/mol. The molecule has 0 atom stereocenters. The molecular weight excluding hydrogens is 206 g/mol. The second-order valence-corrected chi connectivity index (χ2v) is 4.27. The van der Waals surface area contributed by atoms with E-state index in [1.807, 2.05) is 7.05 Å².